The average molecular weight is 333 g/mol. The molecule has 9 heteroatoms. The van der Waals surface area contributed by atoms with Crippen LogP contribution in [-0.4, -0.2) is 49.1 Å². The molecule has 2 aliphatic heterocycles. The van der Waals surface area contributed by atoms with Gasteiger partial charge in [-0.1, -0.05) is 6.42 Å². The molecule has 0 spiro atoms. The van der Waals surface area contributed by atoms with E-state index in [1.165, 1.54) is 0 Å². The Labute approximate surface area is 133 Å². The number of carbonyl (C=O) groups excluding carboxylic acids is 1. The van der Waals surface area contributed by atoms with Crippen molar-refractivity contribution in [3.63, 3.8) is 0 Å². The number of likely N-dealkylation sites (tertiary alicyclic amines) is 1. The lowest BCUT2D eigenvalue weighted by molar-refractivity contribution is -0.130. The molecule has 1 amide bonds. The van der Waals surface area contributed by atoms with Gasteiger partial charge in [-0.25, -0.2) is 0 Å². The van der Waals surface area contributed by atoms with Crippen molar-refractivity contribution in [2.75, 3.05) is 19.6 Å². The molecule has 0 aromatic carbocycles. The van der Waals surface area contributed by atoms with E-state index in [1.54, 1.807) is 4.90 Å². The fraction of sp³-hybridized carbons (Fsp3) is 0.714. The summed E-state index contributed by atoms with van der Waals surface area (Å²) >= 11 is 0. The summed E-state index contributed by atoms with van der Waals surface area (Å²) < 4.78 is 38.7. The lowest BCUT2D eigenvalue weighted by Gasteiger charge is -2.25. The van der Waals surface area contributed by atoms with Gasteiger partial charge in [0.1, 0.15) is 11.4 Å². The molecule has 23 heavy (non-hydrogen) atoms. The fourth-order valence-electron chi connectivity index (χ4n) is 2.60. The van der Waals surface area contributed by atoms with E-state index in [-0.39, 0.29) is 11.7 Å². The molecule has 0 saturated carbocycles. The normalized spacial score (nSPS) is 22.9. The fourth-order valence-corrected chi connectivity index (χ4v) is 2.60. The van der Waals surface area contributed by atoms with Crippen LogP contribution < -0.4 is 16.4 Å². The van der Waals surface area contributed by atoms with Gasteiger partial charge in [0, 0.05) is 32.3 Å². The van der Waals surface area contributed by atoms with Crippen molar-refractivity contribution in [3.05, 3.63) is 11.4 Å². The minimum Gasteiger partial charge on any atom is -0.371 e. The van der Waals surface area contributed by atoms with Gasteiger partial charge >= 0.3 is 6.18 Å². The van der Waals surface area contributed by atoms with Crippen LogP contribution in [0.3, 0.4) is 0 Å². The van der Waals surface area contributed by atoms with Crippen LogP contribution in [0.1, 0.15) is 32.1 Å². The maximum Gasteiger partial charge on any atom is 0.421 e. The Balaban J connectivity index is 1.85. The summed E-state index contributed by atoms with van der Waals surface area (Å²) in [6.07, 6.45) is -0.592. The zero-order valence-corrected chi connectivity index (χ0v) is 12.8. The van der Waals surface area contributed by atoms with Crippen LogP contribution in [-0.2, 0) is 4.79 Å². The van der Waals surface area contributed by atoms with Crippen molar-refractivity contribution in [1.82, 2.24) is 15.5 Å². The van der Waals surface area contributed by atoms with E-state index in [0.717, 1.165) is 32.0 Å². The zero-order valence-electron chi connectivity index (χ0n) is 12.8. The number of rotatable bonds is 5. The van der Waals surface area contributed by atoms with Gasteiger partial charge in [-0.3, -0.25) is 15.5 Å². The van der Waals surface area contributed by atoms with Crippen LogP contribution in [0, 0.1) is 0 Å². The molecule has 6 nitrogen and oxygen atoms in total. The van der Waals surface area contributed by atoms with Gasteiger partial charge in [-0.15, -0.1) is 0 Å². The lowest BCUT2D eigenvalue weighted by Crippen LogP contribution is -2.45. The van der Waals surface area contributed by atoms with Crippen LogP contribution in [0.4, 0.5) is 13.2 Å². The molecule has 1 saturated heterocycles. The Morgan fingerprint density at radius 3 is 2.91 bits per heavy atom. The third-order valence-corrected chi connectivity index (χ3v) is 3.81. The number of hydrogen-bond donors (Lipinski definition) is 3. The van der Waals surface area contributed by atoms with Crippen molar-refractivity contribution in [2.24, 2.45) is 10.7 Å². The van der Waals surface area contributed by atoms with Crippen LogP contribution in [0.15, 0.2) is 16.4 Å². The highest BCUT2D eigenvalue weighted by Gasteiger charge is 2.37. The minimum absolute atomic E-state index is 0.127. The van der Waals surface area contributed by atoms with Gasteiger partial charge < -0.3 is 15.5 Å². The summed E-state index contributed by atoms with van der Waals surface area (Å²) in [6, 6.07) is 0. The molecule has 0 aliphatic carbocycles. The first kappa shape index (κ1) is 17.6. The van der Waals surface area contributed by atoms with Crippen LogP contribution >= 0.6 is 0 Å². The topological polar surface area (TPSA) is 82.8 Å². The Bertz CT molecular complexity index is 489. The highest BCUT2D eigenvalue weighted by molar-refractivity contribution is 5.82. The molecule has 0 radical (unpaired) electrons. The molecular weight excluding hydrogens is 311 g/mol. The van der Waals surface area contributed by atoms with Crippen molar-refractivity contribution in [1.29, 1.82) is 0 Å². The number of nitrogens with two attached hydrogens (primary N) is 1. The van der Waals surface area contributed by atoms with E-state index in [2.05, 4.69) is 15.6 Å². The quantitative estimate of drug-likeness (QED) is 0.657. The summed E-state index contributed by atoms with van der Waals surface area (Å²) in [5.41, 5.74) is 4.61. The maximum atomic E-state index is 12.9. The SMILES string of the molecule is NC1N=CC(C(F)(F)F)=C(NCCCN2CCCCCC2=O)N1. The molecule has 0 aromatic heterocycles. The molecule has 130 valence electrons. The van der Waals surface area contributed by atoms with Gasteiger partial charge in [-0.2, -0.15) is 13.2 Å². The first-order valence-corrected chi connectivity index (χ1v) is 7.76. The van der Waals surface area contributed by atoms with Crippen LogP contribution in [0.25, 0.3) is 0 Å². The Morgan fingerprint density at radius 1 is 1.39 bits per heavy atom. The summed E-state index contributed by atoms with van der Waals surface area (Å²) in [7, 11) is 0. The van der Waals surface area contributed by atoms with E-state index in [1.807, 2.05) is 0 Å². The third kappa shape index (κ3) is 5.12. The van der Waals surface area contributed by atoms with E-state index in [0.29, 0.717) is 25.9 Å². The number of nitrogens with one attached hydrogen (secondary N) is 2. The van der Waals surface area contributed by atoms with Crippen LogP contribution in [0.5, 0.6) is 0 Å². The van der Waals surface area contributed by atoms with Gasteiger partial charge in [-0.05, 0) is 19.3 Å². The second-order valence-corrected chi connectivity index (χ2v) is 5.63. The first-order chi connectivity index (χ1) is 10.9. The monoisotopic (exact) mass is 333 g/mol. The number of aliphatic imine (C=N–C) groups is 1. The lowest BCUT2D eigenvalue weighted by atomic mass is 10.2. The predicted molar refractivity (Wildman–Crippen MR) is 80.4 cm³/mol. The van der Waals surface area contributed by atoms with E-state index >= 15 is 0 Å². The second kappa shape index (κ2) is 7.67. The average Bonchev–Trinajstić information content (AvgIpc) is 2.67. The Kier molecular flexibility index (Phi) is 5.86. The van der Waals surface area contributed by atoms with Gasteiger partial charge in [0.2, 0.25) is 5.91 Å². The molecule has 2 heterocycles. The van der Waals surface area contributed by atoms with Crippen LogP contribution in [0.2, 0.25) is 0 Å². The van der Waals surface area contributed by atoms with E-state index in [9.17, 15) is 18.0 Å². The number of halogens is 3. The number of hydrogen-bond acceptors (Lipinski definition) is 5. The van der Waals surface area contributed by atoms with Gasteiger partial charge in [0.15, 0.2) is 6.29 Å². The van der Waals surface area contributed by atoms with Gasteiger partial charge in [0.05, 0.1) is 0 Å². The summed E-state index contributed by atoms with van der Waals surface area (Å²) in [5, 5.41) is 5.20. The van der Waals surface area contributed by atoms with E-state index < -0.39 is 18.0 Å². The largest absolute Gasteiger partial charge is 0.421 e. The smallest absolute Gasteiger partial charge is 0.371 e. The first-order valence-electron chi connectivity index (χ1n) is 7.76. The summed E-state index contributed by atoms with van der Waals surface area (Å²) in [5.74, 6) is -0.0372. The van der Waals surface area contributed by atoms with Gasteiger partial charge in [0.25, 0.3) is 0 Å². The number of carbonyl (C=O) groups is 1. The molecule has 0 aromatic rings. The number of alkyl halides is 3. The Hall–Kier alpha value is -1.77. The standard InChI is InChI=1S/C14H22F3N5O/c15-14(16,17)10-9-20-13(18)21-12(10)19-6-4-8-22-7-3-1-2-5-11(22)23/h9,13,19,21H,1-8,18H2. The highest BCUT2D eigenvalue weighted by Crippen LogP contribution is 2.26. The number of allylic oxidation sites excluding steroid dienone is 1. The molecule has 1 fully saturated rings. The van der Waals surface area contributed by atoms with Crippen molar-refractivity contribution < 1.29 is 18.0 Å². The van der Waals surface area contributed by atoms with Crippen molar-refractivity contribution >= 4 is 12.1 Å². The Morgan fingerprint density at radius 2 is 2.17 bits per heavy atom. The molecule has 2 aliphatic rings. The van der Waals surface area contributed by atoms with Crippen molar-refractivity contribution in [2.45, 2.75) is 44.6 Å². The summed E-state index contributed by atoms with van der Waals surface area (Å²) in [4.78, 5) is 17.1. The molecule has 2 rings (SSSR count). The minimum atomic E-state index is -4.50. The molecule has 1 unspecified atom stereocenters. The molecule has 1 atom stereocenters. The molecule has 4 N–H and O–H groups in total. The predicted octanol–water partition coefficient (Wildman–Crippen LogP) is 1.06. The highest BCUT2D eigenvalue weighted by atomic mass is 19.4. The van der Waals surface area contributed by atoms with Crippen molar-refractivity contribution in [3.8, 4) is 0 Å². The molecular formula is C14H22F3N5O. The third-order valence-electron chi connectivity index (χ3n) is 3.81. The zero-order chi connectivity index (χ0) is 16.9. The number of amides is 1. The number of nitrogens with zero attached hydrogens (tertiary/aromatic N) is 2. The summed E-state index contributed by atoms with van der Waals surface area (Å²) in [6.45, 7) is 1.58. The molecule has 0 bridgehead atoms. The maximum absolute atomic E-state index is 12.9. The van der Waals surface area contributed by atoms with E-state index in [4.69, 9.17) is 5.73 Å². The second-order valence-electron chi connectivity index (χ2n) is 5.63.